The molecular formula is C11H14N4O. The van der Waals surface area contributed by atoms with E-state index in [-0.39, 0.29) is 0 Å². The van der Waals surface area contributed by atoms with Gasteiger partial charge in [-0.3, -0.25) is 0 Å². The Morgan fingerprint density at radius 3 is 2.81 bits per heavy atom. The van der Waals surface area contributed by atoms with Crippen molar-refractivity contribution >= 4 is 5.82 Å². The number of aliphatic hydroxyl groups is 1. The Kier molecular flexibility index (Phi) is 2.62. The molecular weight excluding hydrogens is 204 g/mol. The first-order valence-electron chi connectivity index (χ1n) is 4.96. The van der Waals surface area contributed by atoms with E-state index in [9.17, 15) is 5.11 Å². The fourth-order valence-electron chi connectivity index (χ4n) is 1.73. The molecule has 0 aliphatic rings. The van der Waals surface area contributed by atoms with Crippen molar-refractivity contribution in [2.24, 2.45) is 7.05 Å². The highest BCUT2D eigenvalue weighted by atomic mass is 16.3. The molecule has 0 saturated carbocycles. The van der Waals surface area contributed by atoms with Crippen molar-refractivity contribution in [3.63, 3.8) is 0 Å². The molecule has 2 aromatic rings. The molecule has 5 heteroatoms. The van der Waals surface area contributed by atoms with Gasteiger partial charge in [0.1, 0.15) is 11.9 Å². The van der Waals surface area contributed by atoms with Crippen LogP contribution >= 0.6 is 0 Å². The minimum Gasteiger partial charge on any atom is -0.383 e. The van der Waals surface area contributed by atoms with Crippen molar-refractivity contribution < 1.29 is 5.11 Å². The number of pyridine rings is 1. The van der Waals surface area contributed by atoms with Gasteiger partial charge in [-0.15, -0.1) is 0 Å². The number of aliphatic hydroxyl groups excluding tert-OH is 1. The summed E-state index contributed by atoms with van der Waals surface area (Å²) < 4.78 is 1.76. The summed E-state index contributed by atoms with van der Waals surface area (Å²) in [5.74, 6) is 0.355. The van der Waals surface area contributed by atoms with Gasteiger partial charge < -0.3 is 15.4 Å². The van der Waals surface area contributed by atoms with Gasteiger partial charge in [0.2, 0.25) is 0 Å². The van der Waals surface area contributed by atoms with Crippen molar-refractivity contribution in [1.29, 1.82) is 0 Å². The molecule has 2 aromatic heterocycles. The smallest absolute Gasteiger partial charge is 0.129 e. The average Bonchev–Trinajstić information content (AvgIpc) is 2.64. The van der Waals surface area contributed by atoms with Crippen LogP contribution in [0.2, 0.25) is 0 Å². The van der Waals surface area contributed by atoms with Gasteiger partial charge in [-0.1, -0.05) is 0 Å². The molecule has 0 radical (unpaired) electrons. The van der Waals surface area contributed by atoms with Crippen molar-refractivity contribution in [3.8, 4) is 0 Å². The third-order valence-corrected chi connectivity index (χ3v) is 2.65. The van der Waals surface area contributed by atoms with Crippen LogP contribution in [0.1, 0.15) is 22.9 Å². The zero-order valence-electron chi connectivity index (χ0n) is 9.25. The lowest BCUT2D eigenvalue weighted by atomic mass is 10.0. The van der Waals surface area contributed by atoms with Crippen molar-refractivity contribution in [2.75, 3.05) is 5.73 Å². The fourth-order valence-corrected chi connectivity index (χ4v) is 1.73. The first-order valence-corrected chi connectivity index (χ1v) is 4.96. The SMILES string of the molecule is Cc1ccnc(N)c1C(O)c1cncn1C. The maximum absolute atomic E-state index is 10.2. The molecule has 0 fully saturated rings. The van der Waals surface area contributed by atoms with E-state index in [2.05, 4.69) is 9.97 Å². The minimum atomic E-state index is -0.791. The second-order valence-corrected chi connectivity index (χ2v) is 3.76. The van der Waals surface area contributed by atoms with Gasteiger partial charge in [0, 0.05) is 18.8 Å². The monoisotopic (exact) mass is 218 g/mol. The number of nitrogens with zero attached hydrogens (tertiary/aromatic N) is 3. The third-order valence-electron chi connectivity index (χ3n) is 2.65. The van der Waals surface area contributed by atoms with Crippen LogP contribution in [0, 0.1) is 6.92 Å². The van der Waals surface area contributed by atoms with Gasteiger partial charge in [-0.25, -0.2) is 9.97 Å². The lowest BCUT2D eigenvalue weighted by Gasteiger charge is -2.15. The predicted molar refractivity (Wildman–Crippen MR) is 60.7 cm³/mol. The lowest BCUT2D eigenvalue weighted by Crippen LogP contribution is -2.10. The number of nitrogens with two attached hydrogens (primary N) is 1. The van der Waals surface area contributed by atoms with E-state index < -0.39 is 6.10 Å². The van der Waals surface area contributed by atoms with Crippen LogP contribution in [0.25, 0.3) is 0 Å². The van der Waals surface area contributed by atoms with Crippen LogP contribution in [-0.4, -0.2) is 19.6 Å². The van der Waals surface area contributed by atoms with E-state index in [0.717, 1.165) is 5.56 Å². The molecule has 0 aromatic carbocycles. The number of anilines is 1. The normalized spacial score (nSPS) is 12.7. The number of hydrogen-bond acceptors (Lipinski definition) is 4. The predicted octanol–water partition coefficient (Wildman–Crippen LogP) is 0.787. The molecule has 0 aliphatic heterocycles. The largest absolute Gasteiger partial charge is 0.383 e. The Bertz CT molecular complexity index is 486. The molecule has 0 amide bonds. The second-order valence-electron chi connectivity index (χ2n) is 3.76. The van der Waals surface area contributed by atoms with E-state index in [1.807, 2.05) is 20.0 Å². The number of hydrogen-bond donors (Lipinski definition) is 2. The number of imidazole rings is 1. The highest BCUT2D eigenvalue weighted by Crippen LogP contribution is 2.27. The van der Waals surface area contributed by atoms with Gasteiger partial charge in [0.25, 0.3) is 0 Å². The van der Waals surface area contributed by atoms with Crippen LogP contribution in [0.5, 0.6) is 0 Å². The fraction of sp³-hybridized carbons (Fsp3) is 0.273. The highest BCUT2D eigenvalue weighted by molar-refractivity contribution is 5.47. The quantitative estimate of drug-likeness (QED) is 0.781. The lowest BCUT2D eigenvalue weighted by molar-refractivity contribution is 0.211. The Balaban J connectivity index is 2.49. The van der Waals surface area contributed by atoms with Gasteiger partial charge in [0.15, 0.2) is 0 Å². The van der Waals surface area contributed by atoms with Crippen LogP contribution in [0.15, 0.2) is 24.8 Å². The van der Waals surface area contributed by atoms with Gasteiger partial charge in [0.05, 0.1) is 18.2 Å². The number of aryl methyl sites for hydroxylation is 2. The zero-order valence-corrected chi connectivity index (χ0v) is 9.25. The first-order chi connectivity index (χ1) is 7.61. The summed E-state index contributed by atoms with van der Waals surface area (Å²) in [5.41, 5.74) is 8.04. The topological polar surface area (TPSA) is 77.0 Å². The summed E-state index contributed by atoms with van der Waals surface area (Å²) in [6, 6.07) is 1.82. The van der Waals surface area contributed by atoms with Gasteiger partial charge in [-0.2, -0.15) is 0 Å². The summed E-state index contributed by atoms with van der Waals surface area (Å²) in [4.78, 5) is 7.96. The molecule has 16 heavy (non-hydrogen) atoms. The van der Waals surface area contributed by atoms with E-state index in [4.69, 9.17) is 5.73 Å². The molecule has 0 bridgehead atoms. The maximum atomic E-state index is 10.2. The standard InChI is InChI=1S/C11H14N4O/c1-7-3-4-14-11(12)9(7)10(16)8-5-13-6-15(8)2/h3-6,10,16H,1-2H3,(H2,12,14). The van der Waals surface area contributed by atoms with E-state index in [1.54, 1.807) is 23.3 Å². The average molecular weight is 218 g/mol. The Morgan fingerprint density at radius 2 is 2.25 bits per heavy atom. The van der Waals surface area contributed by atoms with Crippen LogP contribution in [-0.2, 0) is 7.05 Å². The summed E-state index contributed by atoms with van der Waals surface area (Å²) in [6.45, 7) is 1.90. The summed E-state index contributed by atoms with van der Waals surface area (Å²) >= 11 is 0. The molecule has 2 rings (SSSR count). The minimum absolute atomic E-state index is 0.355. The summed E-state index contributed by atoms with van der Waals surface area (Å²) in [7, 11) is 1.83. The van der Waals surface area contributed by atoms with Crippen molar-refractivity contribution in [3.05, 3.63) is 41.6 Å². The molecule has 0 saturated heterocycles. The molecule has 0 aliphatic carbocycles. The second kappa shape index (κ2) is 3.94. The van der Waals surface area contributed by atoms with E-state index >= 15 is 0 Å². The molecule has 1 unspecified atom stereocenters. The Morgan fingerprint density at radius 1 is 1.50 bits per heavy atom. The van der Waals surface area contributed by atoms with E-state index in [0.29, 0.717) is 17.1 Å². The molecule has 0 spiro atoms. The highest BCUT2D eigenvalue weighted by Gasteiger charge is 2.19. The van der Waals surface area contributed by atoms with Crippen LogP contribution in [0.3, 0.4) is 0 Å². The molecule has 1 atom stereocenters. The Labute approximate surface area is 93.6 Å². The number of rotatable bonds is 2. The molecule has 5 nitrogen and oxygen atoms in total. The molecule has 3 N–H and O–H groups in total. The third kappa shape index (κ3) is 1.65. The van der Waals surface area contributed by atoms with Gasteiger partial charge in [-0.05, 0) is 18.6 Å². The van der Waals surface area contributed by atoms with Crippen LogP contribution < -0.4 is 5.73 Å². The first kappa shape index (κ1) is 10.6. The number of aromatic nitrogens is 3. The summed E-state index contributed by atoms with van der Waals surface area (Å²) in [5, 5.41) is 10.2. The number of nitrogen functional groups attached to an aromatic ring is 1. The molecule has 2 heterocycles. The van der Waals surface area contributed by atoms with Crippen LogP contribution in [0.4, 0.5) is 5.82 Å². The molecule has 84 valence electrons. The maximum Gasteiger partial charge on any atom is 0.129 e. The van der Waals surface area contributed by atoms with Crippen molar-refractivity contribution in [2.45, 2.75) is 13.0 Å². The Hall–Kier alpha value is -1.88. The van der Waals surface area contributed by atoms with E-state index in [1.165, 1.54) is 0 Å². The van der Waals surface area contributed by atoms with Crippen molar-refractivity contribution in [1.82, 2.24) is 14.5 Å². The summed E-state index contributed by atoms with van der Waals surface area (Å²) in [6.07, 6.45) is 4.10. The van der Waals surface area contributed by atoms with Gasteiger partial charge >= 0.3 is 0 Å². The zero-order chi connectivity index (χ0) is 11.7.